The van der Waals surface area contributed by atoms with Crippen molar-refractivity contribution in [3.8, 4) is 0 Å². The van der Waals surface area contributed by atoms with E-state index in [0.29, 0.717) is 11.3 Å². The van der Waals surface area contributed by atoms with Crippen molar-refractivity contribution in [2.45, 2.75) is 5.75 Å². The molecule has 0 aliphatic heterocycles. The van der Waals surface area contributed by atoms with E-state index in [1.165, 1.54) is 4.31 Å². The van der Waals surface area contributed by atoms with Gasteiger partial charge in [0.1, 0.15) is 0 Å². The number of anilines is 1. The predicted octanol–water partition coefficient (Wildman–Crippen LogP) is 1.77. The molecule has 4 nitrogen and oxygen atoms in total. The van der Waals surface area contributed by atoms with E-state index in [0.717, 1.165) is 0 Å². The van der Waals surface area contributed by atoms with Gasteiger partial charge in [-0.2, -0.15) is 4.31 Å². The molecule has 1 rings (SSSR count). The highest BCUT2D eigenvalue weighted by atomic mass is 32.2. The van der Waals surface area contributed by atoms with Crippen LogP contribution < -0.4 is 5.73 Å². The first-order valence-electron chi connectivity index (χ1n) is 5.53. The smallest absolute Gasteiger partial charge is 0.218 e. The Morgan fingerprint density at radius 3 is 2.06 bits per heavy atom. The molecule has 0 heterocycles. The maximum absolute atomic E-state index is 12.2. The van der Waals surface area contributed by atoms with Crippen LogP contribution in [0.15, 0.2) is 49.6 Å². The molecule has 5 heteroatoms. The number of benzene rings is 1. The van der Waals surface area contributed by atoms with E-state index in [2.05, 4.69) is 13.2 Å². The number of nitrogens with two attached hydrogens (primary N) is 1. The quantitative estimate of drug-likeness (QED) is 0.604. The zero-order valence-corrected chi connectivity index (χ0v) is 11.1. The second kappa shape index (κ2) is 6.37. The molecule has 0 fully saturated rings. The fourth-order valence-electron chi connectivity index (χ4n) is 1.51. The van der Waals surface area contributed by atoms with Crippen LogP contribution in [0.4, 0.5) is 5.69 Å². The normalized spacial score (nSPS) is 11.4. The first-order chi connectivity index (χ1) is 8.49. The van der Waals surface area contributed by atoms with Gasteiger partial charge in [0.05, 0.1) is 5.75 Å². The third-order valence-electron chi connectivity index (χ3n) is 2.39. The number of rotatable bonds is 7. The highest BCUT2D eigenvalue weighted by Crippen LogP contribution is 2.13. The van der Waals surface area contributed by atoms with E-state index in [1.807, 2.05) is 0 Å². The lowest BCUT2D eigenvalue weighted by Gasteiger charge is -2.18. The van der Waals surface area contributed by atoms with Crippen LogP contribution in [0, 0.1) is 0 Å². The molecule has 0 aliphatic carbocycles. The third-order valence-corrected chi connectivity index (χ3v) is 4.17. The van der Waals surface area contributed by atoms with Gasteiger partial charge in [0.15, 0.2) is 0 Å². The van der Waals surface area contributed by atoms with Crippen molar-refractivity contribution in [3.05, 3.63) is 55.1 Å². The fraction of sp³-hybridized carbons (Fsp3) is 0.231. The zero-order chi connectivity index (χ0) is 13.6. The number of nitrogen functional groups attached to an aromatic ring is 1. The van der Waals surface area contributed by atoms with E-state index in [-0.39, 0.29) is 18.8 Å². The van der Waals surface area contributed by atoms with E-state index in [9.17, 15) is 8.42 Å². The molecule has 0 amide bonds. The molecular weight excluding hydrogens is 248 g/mol. The minimum Gasteiger partial charge on any atom is -0.399 e. The minimum atomic E-state index is -3.36. The highest BCUT2D eigenvalue weighted by Gasteiger charge is 2.19. The van der Waals surface area contributed by atoms with Crippen molar-refractivity contribution >= 4 is 15.7 Å². The Labute approximate surface area is 108 Å². The molecule has 0 bridgehead atoms. The summed E-state index contributed by atoms with van der Waals surface area (Å²) in [6.45, 7) is 7.68. The van der Waals surface area contributed by atoms with Crippen molar-refractivity contribution in [1.29, 1.82) is 0 Å². The van der Waals surface area contributed by atoms with Crippen LogP contribution in [0.2, 0.25) is 0 Å². The van der Waals surface area contributed by atoms with Crippen molar-refractivity contribution in [1.82, 2.24) is 4.31 Å². The number of sulfonamides is 1. The highest BCUT2D eigenvalue weighted by molar-refractivity contribution is 7.88. The topological polar surface area (TPSA) is 63.4 Å². The Morgan fingerprint density at radius 1 is 1.11 bits per heavy atom. The average Bonchev–Trinajstić information content (AvgIpc) is 2.32. The van der Waals surface area contributed by atoms with Gasteiger partial charge >= 0.3 is 0 Å². The summed E-state index contributed by atoms with van der Waals surface area (Å²) in [5.74, 6) is -0.0467. The van der Waals surface area contributed by atoms with Crippen LogP contribution in [-0.4, -0.2) is 25.8 Å². The molecule has 0 spiro atoms. The van der Waals surface area contributed by atoms with Gasteiger partial charge in [-0.3, -0.25) is 0 Å². The zero-order valence-electron chi connectivity index (χ0n) is 10.2. The van der Waals surface area contributed by atoms with Gasteiger partial charge in [0, 0.05) is 18.8 Å². The molecule has 0 saturated carbocycles. The Bertz CT molecular complexity index is 496. The second-order valence-electron chi connectivity index (χ2n) is 3.89. The van der Waals surface area contributed by atoms with E-state index in [1.54, 1.807) is 36.4 Å². The summed E-state index contributed by atoms with van der Waals surface area (Å²) in [6, 6.07) is 6.81. The SMILES string of the molecule is C=CCN(CC=C)S(=O)(=O)Cc1ccc(N)cc1. The summed E-state index contributed by atoms with van der Waals surface area (Å²) in [6.07, 6.45) is 3.12. The molecule has 1 aromatic rings. The van der Waals surface area contributed by atoms with E-state index in [4.69, 9.17) is 5.73 Å². The van der Waals surface area contributed by atoms with Gasteiger partial charge in [-0.1, -0.05) is 24.3 Å². The molecule has 98 valence electrons. The molecule has 18 heavy (non-hydrogen) atoms. The van der Waals surface area contributed by atoms with Gasteiger partial charge in [-0.25, -0.2) is 8.42 Å². The first-order valence-corrected chi connectivity index (χ1v) is 7.14. The van der Waals surface area contributed by atoms with Gasteiger partial charge in [0.2, 0.25) is 10.0 Å². The van der Waals surface area contributed by atoms with Crippen molar-refractivity contribution in [2.75, 3.05) is 18.8 Å². The van der Waals surface area contributed by atoms with E-state index < -0.39 is 10.0 Å². The lowest BCUT2D eigenvalue weighted by atomic mass is 10.2. The van der Waals surface area contributed by atoms with Gasteiger partial charge in [-0.05, 0) is 17.7 Å². The molecule has 2 N–H and O–H groups in total. The van der Waals surface area contributed by atoms with Crippen LogP contribution >= 0.6 is 0 Å². The summed E-state index contributed by atoms with van der Waals surface area (Å²) in [7, 11) is -3.36. The molecule has 0 aromatic heterocycles. The maximum Gasteiger partial charge on any atom is 0.218 e. The Kier molecular flexibility index (Phi) is 5.12. The van der Waals surface area contributed by atoms with Crippen LogP contribution in [-0.2, 0) is 15.8 Å². The Hall–Kier alpha value is -1.59. The summed E-state index contributed by atoms with van der Waals surface area (Å²) in [4.78, 5) is 0. The van der Waals surface area contributed by atoms with E-state index >= 15 is 0 Å². The van der Waals surface area contributed by atoms with Crippen LogP contribution in [0.1, 0.15) is 5.56 Å². The molecule has 0 atom stereocenters. The Morgan fingerprint density at radius 2 is 1.61 bits per heavy atom. The lowest BCUT2D eigenvalue weighted by Crippen LogP contribution is -2.32. The fourth-order valence-corrected chi connectivity index (χ4v) is 2.97. The molecule has 0 radical (unpaired) electrons. The summed E-state index contributed by atoms with van der Waals surface area (Å²) in [5.41, 5.74) is 6.89. The van der Waals surface area contributed by atoms with Crippen molar-refractivity contribution < 1.29 is 8.42 Å². The molecule has 1 aromatic carbocycles. The summed E-state index contributed by atoms with van der Waals surface area (Å²) >= 11 is 0. The molecule has 0 unspecified atom stereocenters. The summed E-state index contributed by atoms with van der Waals surface area (Å²) in [5, 5.41) is 0. The molecular formula is C13H18N2O2S. The van der Waals surface area contributed by atoms with Gasteiger partial charge in [0.25, 0.3) is 0 Å². The molecule has 0 saturated heterocycles. The third kappa shape index (κ3) is 4.01. The maximum atomic E-state index is 12.2. The van der Waals surface area contributed by atoms with Crippen molar-refractivity contribution in [2.24, 2.45) is 0 Å². The average molecular weight is 266 g/mol. The lowest BCUT2D eigenvalue weighted by molar-refractivity contribution is 0.473. The predicted molar refractivity (Wildman–Crippen MR) is 75.4 cm³/mol. The summed E-state index contributed by atoms with van der Waals surface area (Å²) < 4.78 is 25.7. The number of hydrogen-bond donors (Lipinski definition) is 1. The van der Waals surface area contributed by atoms with Crippen LogP contribution in [0.3, 0.4) is 0 Å². The van der Waals surface area contributed by atoms with Gasteiger partial charge < -0.3 is 5.73 Å². The standard InChI is InChI=1S/C13H18N2O2S/c1-3-9-15(10-4-2)18(16,17)11-12-5-7-13(14)8-6-12/h3-8H,1-2,9-11,14H2. The van der Waals surface area contributed by atoms with Crippen molar-refractivity contribution in [3.63, 3.8) is 0 Å². The second-order valence-corrected chi connectivity index (χ2v) is 5.86. The minimum absolute atomic E-state index is 0.0467. The molecule has 0 aliphatic rings. The number of nitrogens with zero attached hydrogens (tertiary/aromatic N) is 1. The van der Waals surface area contributed by atoms with Crippen LogP contribution in [0.25, 0.3) is 0 Å². The first kappa shape index (κ1) is 14.5. The van der Waals surface area contributed by atoms with Crippen LogP contribution in [0.5, 0.6) is 0 Å². The number of hydrogen-bond acceptors (Lipinski definition) is 3. The Balaban J connectivity index is 2.87. The van der Waals surface area contributed by atoms with Gasteiger partial charge in [-0.15, -0.1) is 13.2 Å². The monoisotopic (exact) mass is 266 g/mol. The largest absolute Gasteiger partial charge is 0.399 e.